The van der Waals surface area contributed by atoms with Gasteiger partial charge >= 0.3 is 0 Å². The molecule has 6 heteroatoms. The van der Waals surface area contributed by atoms with Gasteiger partial charge in [-0.05, 0) is 44.5 Å². The molecule has 1 N–H and O–H groups in total. The molecule has 150 valence electrons. The number of nitrogens with zero attached hydrogens (tertiary/aromatic N) is 4. The first-order valence-electron chi connectivity index (χ1n) is 9.82. The zero-order chi connectivity index (χ0) is 19.9. The third kappa shape index (κ3) is 5.85. The van der Waals surface area contributed by atoms with E-state index in [1.807, 2.05) is 36.7 Å². The minimum absolute atomic E-state index is 0.225. The molecule has 0 aliphatic carbocycles. The van der Waals surface area contributed by atoms with Crippen LogP contribution in [0.4, 0.5) is 0 Å². The highest BCUT2D eigenvalue weighted by Gasteiger charge is 2.26. The third-order valence-corrected chi connectivity index (χ3v) is 5.35. The van der Waals surface area contributed by atoms with Gasteiger partial charge in [0, 0.05) is 73.9 Å². The fourth-order valence-corrected chi connectivity index (χ4v) is 3.63. The van der Waals surface area contributed by atoms with E-state index in [0.717, 1.165) is 50.3 Å². The third-order valence-electron chi connectivity index (χ3n) is 5.10. The van der Waals surface area contributed by atoms with E-state index in [4.69, 9.17) is 11.6 Å². The molecule has 1 aromatic heterocycles. The van der Waals surface area contributed by atoms with Gasteiger partial charge < -0.3 is 5.11 Å². The van der Waals surface area contributed by atoms with E-state index < -0.39 is 0 Å². The van der Waals surface area contributed by atoms with Gasteiger partial charge in [-0.2, -0.15) is 0 Å². The Morgan fingerprint density at radius 3 is 2.54 bits per heavy atom. The fourth-order valence-electron chi connectivity index (χ4n) is 3.51. The van der Waals surface area contributed by atoms with Gasteiger partial charge in [-0.15, -0.1) is 0 Å². The number of hydrogen-bond donors (Lipinski definition) is 1. The Labute approximate surface area is 172 Å². The molecule has 1 aliphatic heterocycles. The van der Waals surface area contributed by atoms with Crippen LogP contribution >= 0.6 is 11.6 Å². The molecule has 3 rings (SSSR count). The van der Waals surface area contributed by atoms with Crippen molar-refractivity contribution in [2.45, 2.75) is 32.9 Å². The van der Waals surface area contributed by atoms with Crippen molar-refractivity contribution in [1.82, 2.24) is 19.8 Å². The highest BCUT2D eigenvalue weighted by molar-refractivity contribution is 6.30. The average Bonchev–Trinajstić information content (AvgIpc) is 2.69. The lowest BCUT2D eigenvalue weighted by atomic mass is 10.1. The molecule has 0 spiro atoms. The molecule has 1 aliphatic rings. The number of aliphatic hydroxyl groups excluding tert-OH is 1. The smallest absolute Gasteiger partial charge is 0.159 e. The van der Waals surface area contributed by atoms with Crippen molar-refractivity contribution in [2.75, 3.05) is 32.8 Å². The maximum absolute atomic E-state index is 9.46. The summed E-state index contributed by atoms with van der Waals surface area (Å²) in [7, 11) is 0. The van der Waals surface area contributed by atoms with E-state index in [1.165, 1.54) is 5.57 Å². The summed E-state index contributed by atoms with van der Waals surface area (Å²) in [5.74, 6) is 0.713. The number of halogens is 1. The molecule has 2 heterocycles. The van der Waals surface area contributed by atoms with E-state index in [1.54, 1.807) is 0 Å². The Kier molecular flexibility index (Phi) is 7.57. The molecule has 1 saturated heterocycles. The van der Waals surface area contributed by atoms with E-state index in [9.17, 15) is 5.11 Å². The van der Waals surface area contributed by atoms with Crippen molar-refractivity contribution in [1.29, 1.82) is 0 Å². The van der Waals surface area contributed by atoms with E-state index in [-0.39, 0.29) is 6.61 Å². The predicted molar refractivity (Wildman–Crippen MR) is 114 cm³/mol. The van der Waals surface area contributed by atoms with Gasteiger partial charge in [-0.3, -0.25) is 9.80 Å². The van der Waals surface area contributed by atoms with Crippen LogP contribution in [0.1, 0.15) is 25.8 Å². The number of aromatic nitrogens is 2. The topological polar surface area (TPSA) is 52.5 Å². The highest BCUT2D eigenvalue weighted by atomic mass is 35.5. The Morgan fingerprint density at radius 2 is 1.89 bits per heavy atom. The molecule has 0 saturated carbocycles. The zero-order valence-electron chi connectivity index (χ0n) is 16.7. The van der Waals surface area contributed by atoms with Crippen LogP contribution in [0.2, 0.25) is 5.02 Å². The SMILES string of the molecule is CC(C)=CCN1CCN(Cc2cnc(-c3ccc(Cl)cc3)nc2)C[C@@H]1CCO. The molecule has 0 unspecified atom stereocenters. The van der Waals surface area contributed by atoms with Gasteiger partial charge in [0.1, 0.15) is 0 Å². The number of aliphatic hydroxyl groups is 1. The van der Waals surface area contributed by atoms with E-state index in [2.05, 4.69) is 39.7 Å². The van der Waals surface area contributed by atoms with Gasteiger partial charge in [-0.25, -0.2) is 9.97 Å². The van der Waals surface area contributed by atoms with Gasteiger partial charge in [-0.1, -0.05) is 23.3 Å². The zero-order valence-corrected chi connectivity index (χ0v) is 17.4. The maximum Gasteiger partial charge on any atom is 0.159 e. The van der Waals surface area contributed by atoms with Crippen LogP contribution in [-0.2, 0) is 6.54 Å². The van der Waals surface area contributed by atoms with E-state index in [0.29, 0.717) is 16.9 Å². The minimum Gasteiger partial charge on any atom is -0.396 e. The lowest BCUT2D eigenvalue weighted by molar-refractivity contribution is 0.0635. The van der Waals surface area contributed by atoms with Crippen molar-refractivity contribution in [3.8, 4) is 11.4 Å². The highest BCUT2D eigenvalue weighted by Crippen LogP contribution is 2.19. The molecule has 28 heavy (non-hydrogen) atoms. The molecule has 1 atom stereocenters. The largest absolute Gasteiger partial charge is 0.396 e. The van der Waals surface area contributed by atoms with Crippen LogP contribution in [0.15, 0.2) is 48.3 Å². The van der Waals surface area contributed by atoms with Crippen LogP contribution in [0.5, 0.6) is 0 Å². The summed E-state index contributed by atoms with van der Waals surface area (Å²) in [6, 6.07) is 7.95. The maximum atomic E-state index is 9.46. The van der Waals surface area contributed by atoms with Gasteiger partial charge in [0.25, 0.3) is 0 Å². The summed E-state index contributed by atoms with van der Waals surface area (Å²) >= 11 is 5.94. The molecule has 0 amide bonds. The van der Waals surface area contributed by atoms with E-state index >= 15 is 0 Å². The molecule has 1 aromatic carbocycles. The van der Waals surface area contributed by atoms with Crippen LogP contribution < -0.4 is 0 Å². The number of benzene rings is 1. The monoisotopic (exact) mass is 400 g/mol. The lowest BCUT2D eigenvalue weighted by Crippen LogP contribution is -2.53. The van der Waals surface area contributed by atoms with Crippen LogP contribution in [0.25, 0.3) is 11.4 Å². The number of allylic oxidation sites excluding steroid dienone is 1. The van der Waals surface area contributed by atoms with Gasteiger partial charge in [0.05, 0.1) is 0 Å². The minimum atomic E-state index is 0.225. The van der Waals surface area contributed by atoms with Crippen LogP contribution in [0.3, 0.4) is 0 Å². The first-order valence-corrected chi connectivity index (χ1v) is 10.2. The first kappa shape index (κ1) is 20.9. The average molecular weight is 401 g/mol. The van der Waals surface area contributed by atoms with Crippen molar-refractivity contribution >= 4 is 11.6 Å². The molecule has 1 fully saturated rings. The van der Waals surface area contributed by atoms with Crippen molar-refractivity contribution in [3.63, 3.8) is 0 Å². The summed E-state index contributed by atoms with van der Waals surface area (Å²) in [6.07, 6.45) is 6.89. The second-order valence-corrected chi connectivity index (χ2v) is 8.04. The summed E-state index contributed by atoms with van der Waals surface area (Å²) < 4.78 is 0. The summed E-state index contributed by atoms with van der Waals surface area (Å²) in [5, 5.41) is 10.2. The normalized spacial score (nSPS) is 18.2. The number of piperazine rings is 1. The molecular formula is C22H29ClN4O. The second-order valence-electron chi connectivity index (χ2n) is 7.60. The van der Waals surface area contributed by atoms with Crippen molar-refractivity contribution in [3.05, 3.63) is 58.9 Å². The molecule has 2 aromatic rings. The summed E-state index contributed by atoms with van der Waals surface area (Å²) in [5.41, 5.74) is 3.41. The second kappa shape index (κ2) is 10.1. The van der Waals surface area contributed by atoms with Crippen molar-refractivity contribution in [2.24, 2.45) is 0 Å². The molecule has 0 bridgehead atoms. The fraction of sp³-hybridized carbons (Fsp3) is 0.455. The van der Waals surface area contributed by atoms with Crippen LogP contribution in [0, 0.1) is 0 Å². The Morgan fingerprint density at radius 1 is 1.18 bits per heavy atom. The van der Waals surface area contributed by atoms with Gasteiger partial charge in [0.2, 0.25) is 0 Å². The number of hydrogen-bond acceptors (Lipinski definition) is 5. The summed E-state index contributed by atoms with van der Waals surface area (Å²) in [4.78, 5) is 14.0. The summed E-state index contributed by atoms with van der Waals surface area (Å²) in [6.45, 7) is 9.25. The first-order chi connectivity index (χ1) is 13.5. The predicted octanol–water partition coefficient (Wildman–Crippen LogP) is 3.63. The van der Waals surface area contributed by atoms with Gasteiger partial charge in [0.15, 0.2) is 5.82 Å². The molecule has 0 radical (unpaired) electrons. The van der Waals surface area contributed by atoms with Crippen LogP contribution in [-0.4, -0.2) is 63.7 Å². The lowest BCUT2D eigenvalue weighted by Gasteiger charge is -2.41. The molecule has 5 nitrogen and oxygen atoms in total. The van der Waals surface area contributed by atoms with Crippen molar-refractivity contribution < 1.29 is 5.11 Å². The Balaban J connectivity index is 1.60. The number of rotatable bonds is 7. The standard InChI is InChI=1S/C22H29ClN4O/c1-17(2)7-9-27-11-10-26(16-21(27)8-12-28)15-18-13-24-22(25-14-18)19-3-5-20(23)6-4-19/h3-7,13-14,21,28H,8-12,15-16H2,1-2H3/t21-/m0/s1. The Hall–Kier alpha value is -1.79. The Bertz CT molecular complexity index is 772. The quantitative estimate of drug-likeness (QED) is 0.719. The molecular weight excluding hydrogens is 372 g/mol.